The predicted octanol–water partition coefficient (Wildman–Crippen LogP) is 3.61. The summed E-state index contributed by atoms with van der Waals surface area (Å²) in [5.41, 5.74) is 0.552. The maximum atomic E-state index is 12.1. The van der Waals surface area contributed by atoms with Crippen molar-refractivity contribution in [1.82, 2.24) is 10.2 Å². The number of ether oxygens (including phenoxy) is 2. The van der Waals surface area contributed by atoms with Crippen LogP contribution in [0.2, 0.25) is 5.02 Å². The molecule has 0 unspecified atom stereocenters. The average Bonchev–Trinajstić information content (AvgIpc) is 2.63. The molecule has 2 amide bonds. The van der Waals surface area contributed by atoms with Gasteiger partial charge >= 0.3 is 6.03 Å². The Morgan fingerprint density at radius 2 is 2.08 bits per heavy atom. The van der Waals surface area contributed by atoms with Gasteiger partial charge in [-0.05, 0) is 56.9 Å². The van der Waals surface area contributed by atoms with Crippen LogP contribution < -0.4 is 15.4 Å². The van der Waals surface area contributed by atoms with Crippen LogP contribution in [0.1, 0.15) is 26.2 Å². The van der Waals surface area contributed by atoms with Crippen LogP contribution in [-0.2, 0) is 4.74 Å². The smallest absolute Gasteiger partial charge is 0.319 e. The van der Waals surface area contributed by atoms with Crippen LogP contribution in [0, 0.1) is 5.92 Å². The summed E-state index contributed by atoms with van der Waals surface area (Å²) in [7, 11) is 1.60. The Morgan fingerprint density at radius 3 is 2.81 bits per heavy atom. The molecular formula is C19H30ClN3O3. The number of rotatable bonds is 9. The summed E-state index contributed by atoms with van der Waals surface area (Å²) in [6.07, 6.45) is 3.48. The van der Waals surface area contributed by atoms with Crippen molar-refractivity contribution in [3.63, 3.8) is 0 Å². The molecule has 2 N–H and O–H groups in total. The fourth-order valence-corrected chi connectivity index (χ4v) is 3.17. The zero-order chi connectivity index (χ0) is 18.8. The van der Waals surface area contributed by atoms with E-state index < -0.39 is 0 Å². The van der Waals surface area contributed by atoms with E-state index in [0.717, 1.165) is 32.0 Å². The summed E-state index contributed by atoms with van der Waals surface area (Å²) in [5, 5.41) is 6.16. The lowest BCUT2D eigenvalue weighted by Gasteiger charge is -2.30. The fraction of sp³-hybridized carbons (Fsp3) is 0.632. The third kappa shape index (κ3) is 7.02. The molecule has 0 bridgehead atoms. The average molecular weight is 384 g/mol. The second-order valence-corrected chi connectivity index (χ2v) is 7.12. The largest absolute Gasteiger partial charge is 0.487 e. The van der Waals surface area contributed by atoms with Crippen molar-refractivity contribution in [2.24, 2.45) is 5.92 Å². The van der Waals surface area contributed by atoms with Gasteiger partial charge in [0, 0.05) is 13.7 Å². The zero-order valence-electron chi connectivity index (χ0n) is 15.7. The molecule has 0 radical (unpaired) electrons. The first-order valence-corrected chi connectivity index (χ1v) is 9.65. The molecule has 6 nitrogen and oxygen atoms in total. The van der Waals surface area contributed by atoms with Crippen molar-refractivity contribution in [2.75, 3.05) is 51.8 Å². The van der Waals surface area contributed by atoms with E-state index in [1.54, 1.807) is 25.3 Å². The van der Waals surface area contributed by atoms with E-state index in [4.69, 9.17) is 21.1 Å². The highest BCUT2D eigenvalue weighted by atomic mass is 35.5. The maximum absolute atomic E-state index is 12.1. The number of piperidine rings is 1. The van der Waals surface area contributed by atoms with E-state index >= 15 is 0 Å². The van der Waals surface area contributed by atoms with Crippen LogP contribution in [0.25, 0.3) is 0 Å². The normalized spacial score (nSPS) is 15.7. The Kier molecular flexibility index (Phi) is 9.01. The fourth-order valence-electron chi connectivity index (χ4n) is 2.94. The molecule has 2 rings (SSSR count). The molecule has 26 heavy (non-hydrogen) atoms. The Morgan fingerprint density at radius 1 is 1.31 bits per heavy atom. The van der Waals surface area contributed by atoms with Gasteiger partial charge in [0.1, 0.15) is 6.61 Å². The van der Waals surface area contributed by atoms with E-state index in [1.807, 2.05) is 0 Å². The lowest BCUT2D eigenvalue weighted by molar-refractivity contribution is 0.146. The Hall–Kier alpha value is -1.50. The minimum Gasteiger partial charge on any atom is -0.487 e. The van der Waals surface area contributed by atoms with Gasteiger partial charge in [-0.3, -0.25) is 0 Å². The van der Waals surface area contributed by atoms with Gasteiger partial charge in [0.2, 0.25) is 0 Å². The zero-order valence-corrected chi connectivity index (χ0v) is 16.5. The number of para-hydroxylation sites is 1. The molecule has 1 aliphatic heterocycles. The monoisotopic (exact) mass is 383 g/mol. The van der Waals surface area contributed by atoms with Gasteiger partial charge in [0.15, 0.2) is 5.75 Å². The van der Waals surface area contributed by atoms with Crippen LogP contribution in [-0.4, -0.2) is 57.4 Å². The molecule has 1 aromatic rings. The third-order valence-electron chi connectivity index (χ3n) is 4.56. The number of amides is 2. The SMILES string of the molecule is COCCOc1c(Cl)cccc1NC(=O)NCCCN1CCC(C)CC1. The highest BCUT2D eigenvalue weighted by molar-refractivity contribution is 6.32. The van der Waals surface area contributed by atoms with E-state index in [9.17, 15) is 4.79 Å². The molecule has 146 valence electrons. The van der Waals surface area contributed by atoms with Crippen molar-refractivity contribution >= 4 is 23.3 Å². The van der Waals surface area contributed by atoms with Crippen LogP contribution in [0.3, 0.4) is 0 Å². The lowest BCUT2D eigenvalue weighted by atomic mass is 9.99. The number of carbonyl (C=O) groups is 1. The summed E-state index contributed by atoms with van der Waals surface area (Å²) < 4.78 is 10.6. The number of methoxy groups -OCH3 is 1. The molecule has 1 saturated heterocycles. The Balaban J connectivity index is 1.72. The second kappa shape index (κ2) is 11.3. The molecule has 1 aromatic carbocycles. The Labute approximate surface area is 161 Å². The minimum absolute atomic E-state index is 0.254. The van der Waals surface area contributed by atoms with Gasteiger partial charge in [-0.15, -0.1) is 0 Å². The van der Waals surface area contributed by atoms with Crippen molar-refractivity contribution in [1.29, 1.82) is 0 Å². The van der Waals surface area contributed by atoms with Gasteiger partial charge < -0.3 is 25.0 Å². The summed E-state index contributed by atoms with van der Waals surface area (Å²) in [6.45, 7) is 7.12. The Bertz CT molecular complexity index is 563. The van der Waals surface area contributed by atoms with Gasteiger partial charge in [-0.1, -0.05) is 24.6 Å². The first kappa shape index (κ1) is 20.8. The predicted molar refractivity (Wildman–Crippen MR) is 105 cm³/mol. The molecule has 0 saturated carbocycles. The molecule has 0 aromatic heterocycles. The van der Waals surface area contributed by atoms with E-state index in [2.05, 4.69) is 22.5 Å². The second-order valence-electron chi connectivity index (χ2n) is 6.72. The summed E-state index contributed by atoms with van der Waals surface area (Å²) in [4.78, 5) is 14.6. The molecule has 1 heterocycles. The van der Waals surface area contributed by atoms with E-state index in [1.165, 1.54) is 12.8 Å². The number of carbonyl (C=O) groups excluding carboxylic acids is 1. The number of nitrogens with one attached hydrogen (secondary N) is 2. The van der Waals surface area contributed by atoms with Crippen molar-refractivity contribution in [2.45, 2.75) is 26.2 Å². The maximum Gasteiger partial charge on any atom is 0.319 e. The number of nitrogens with zero attached hydrogens (tertiary/aromatic N) is 1. The summed E-state index contributed by atoms with van der Waals surface area (Å²) in [6, 6.07) is 5.02. The van der Waals surface area contributed by atoms with Gasteiger partial charge in [-0.25, -0.2) is 4.79 Å². The molecule has 0 aliphatic carbocycles. The van der Waals surface area contributed by atoms with Crippen LogP contribution in [0.4, 0.5) is 10.5 Å². The number of benzene rings is 1. The number of hydrogen-bond donors (Lipinski definition) is 2. The number of hydrogen-bond acceptors (Lipinski definition) is 4. The quantitative estimate of drug-likeness (QED) is 0.639. The highest BCUT2D eigenvalue weighted by Gasteiger charge is 2.15. The van der Waals surface area contributed by atoms with Crippen molar-refractivity contribution in [3.05, 3.63) is 23.2 Å². The number of likely N-dealkylation sites (tertiary alicyclic amines) is 1. The summed E-state index contributed by atoms with van der Waals surface area (Å²) >= 11 is 6.17. The molecule has 0 atom stereocenters. The standard InChI is InChI=1S/C19H30ClN3O3/c1-15-7-11-23(12-8-15)10-4-9-21-19(24)22-17-6-3-5-16(20)18(17)26-14-13-25-2/h3,5-6,15H,4,7-14H2,1-2H3,(H2,21,22,24). The number of urea groups is 1. The third-order valence-corrected chi connectivity index (χ3v) is 4.86. The number of anilines is 1. The van der Waals surface area contributed by atoms with Gasteiger partial charge in [-0.2, -0.15) is 0 Å². The lowest BCUT2D eigenvalue weighted by Crippen LogP contribution is -2.36. The molecule has 7 heteroatoms. The molecule has 0 spiro atoms. The first-order chi connectivity index (χ1) is 12.6. The van der Waals surface area contributed by atoms with E-state index in [-0.39, 0.29) is 6.03 Å². The number of halogens is 1. The first-order valence-electron chi connectivity index (χ1n) is 9.27. The van der Waals surface area contributed by atoms with Gasteiger partial charge in [0.05, 0.1) is 17.3 Å². The minimum atomic E-state index is -0.254. The topological polar surface area (TPSA) is 62.8 Å². The summed E-state index contributed by atoms with van der Waals surface area (Å²) in [5.74, 6) is 1.30. The van der Waals surface area contributed by atoms with Crippen LogP contribution in [0.5, 0.6) is 5.75 Å². The highest BCUT2D eigenvalue weighted by Crippen LogP contribution is 2.32. The molecule has 1 aliphatic rings. The van der Waals surface area contributed by atoms with E-state index in [0.29, 0.717) is 36.2 Å². The molecular weight excluding hydrogens is 354 g/mol. The van der Waals surface area contributed by atoms with Crippen molar-refractivity contribution in [3.8, 4) is 5.75 Å². The van der Waals surface area contributed by atoms with Crippen LogP contribution >= 0.6 is 11.6 Å². The van der Waals surface area contributed by atoms with Crippen LogP contribution in [0.15, 0.2) is 18.2 Å². The molecule has 1 fully saturated rings. The van der Waals surface area contributed by atoms with Gasteiger partial charge in [0.25, 0.3) is 0 Å². The van der Waals surface area contributed by atoms with Crippen molar-refractivity contribution < 1.29 is 14.3 Å².